The number of nitrogens with one attached hydrogen (secondary N) is 2. The lowest BCUT2D eigenvalue weighted by Crippen LogP contribution is -2.27. The molecule has 0 atom stereocenters. The first-order valence-corrected chi connectivity index (χ1v) is 21.3. The highest BCUT2D eigenvalue weighted by molar-refractivity contribution is 7.91. The SMILES string of the molecule is Cc1cc(NN=C2C(=O)C(S(=O)(=O)O)=Cc3cc(S(=O)(=O)O)ccc32)ccc1-c1ccc(NN=C2C(=O)C(S(=O)(=O)O)=Cc3cc(S(=O)(=O)O)ccc32)cc1C. The number of hydrazone groups is 2. The molecule has 290 valence electrons. The Hall–Kier alpha value is -5.72. The summed E-state index contributed by atoms with van der Waals surface area (Å²) in [4.78, 5) is 22.9. The molecule has 0 fully saturated rings. The molecule has 6 rings (SSSR count). The quantitative estimate of drug-likeness (QED) is 0.103. The van der Waals surface area contributed by atoms with E-state index in [9.17, 15) is 61.5 Å². The van der Waals surface area contributed by atoms with Crippen molar-refractivity contribution in [1.29, 1.82) is 0 Å². The Morgan fingerprint density at radius 3 is 1.11 bits per heavy atom. The summed E-state index contributed by atoms with van der Waals surface area (Å²) in [5, 5.41) is 8.14. The highest BCUT2D eigenvalue weighted by atomic mass is 32.2. The third-order valence-corrected chi connectivity index (χ3v) is 11.9. The second-order valence-electron chi connectivity index (χ2n) is 12.3. The first-order chi connectivity index (χ1) is 25.9. The molecule has 0 aromatic heterocycles. The van der Waals surface area contributed by atoms with E-state index in [0.29, 0.717) is 22.5 Å². The van der Waals surface area contributed by atoms with Crippen molar-refractivity contribution in [3.8, 4) is 11.1 Å². The molecule has 0 saturated carbocycles. The van der Waals surface area contributed by atoms with Gasteiger partial charge in [-0.05, 0) is 108 Å². The molecule has 0 radical (unpaired) electrons. The summed E-state index contributed by atoms with van der Waals surface area (Å²) >= 11 is 0. The Morgan fingerprint density at radius 1 is 0.464 bits per heavy atom. The van der Waals surface area contributed by atoms with Gasteiger partial charge in [0, 0.05) is 11.1 Å². The van der Waals surface area contributed by atoms with Crippen molar-refractivity contribution in [2.75, 3.05) is 10.9 Å². The Balaban J connectivity index is 1.27. The highest BCUT2D eigenvalue weighted by Gasteiger charge is 2.35. The van der Waals surface area contributed by atoms with Crippen LogP contribution in [0.1, 0.15) is 33.4 Å². The van der Waals surface area contributed by atoms with Gasteiger partial charge in [0.1, 0.15) is 21.2 Å². The minimum Gasteiger partial charge on any atom is -0.286 e. The van der Waals surface area contributed by atoms with Crippen LogP contribution in [0.4, 0.5) is 11.4 Å². The number of carbonyl (C=O) groups excluding carboxylic acids is 2. The van der Waals surface area contributed by atoms with E-state index in [2.05, 4.69) is 21.1 Å². The van der Waals surface area contributed by atoms with Crippen LogP contribution < -0.4 is 10.9 Å². The van der Waals surface area contributed by atoms with Gasteiger partial charge in [-0.25, -0.2) is 0 Å². The second-order valence-corrected chi connectivity index (χ2v) is 17.9. The monoisotopic (exact) mass is 842 g/mol. The number of benzene rings is 4. The maximum Gasteiger partial charge on any atom is 0.298 e. The van der Waals surface area contributed by atoms with E-state index in [0.717, 1.165) is 59.7 Å². The average Bonchev–Trinajstić information content (AvgIpc) is 3.08. The predicted octanol–water partition coefficient (Wildman–Crippen LogP) is 3.72. The number of carbonyl (C=O) groups is 2. The van der Waals surface area contributed by atoms with Crippen molar-refractivity contribution < 1.29 is 61.5 Å². The zero-order valence-electron chi connectivity index (χ0n) is 28.5. The van der Waals surface area contributed by atoms with E-state index in [4.69, 9.17) is 0 Å². The van der Waals surface area contributed by atoms with Gasteiger partial charge < -0.3 is 0 Å². The molecule has 56 heavy (non-hydrogen) atoms. The maximum atomic E-state index is 13.1. The van der Waals surface area contributed by atoms with Crippen molar-refractivity contribution in [3.63, 3.8) is 0 Å². The molecule has 0 amide bonds. The third kappa shape index (κ3) is 7.98. The molecule has 2 aliphatic rings. The zero-order chi connectivity index (χ0) is 41.1. The standard InChI is InChI=1S/C34H26N4O14S4/c1-17-11-21(35-37-31-27-9-5-23(53(41,42)43)13-19(27)15-29(33(31)39)55(47,48)49)3-7-25(17)26-8-4-22(12-18(26)2)36-38-32-28-10-6-24(54(44,45)46)14-20(28)16-30(34(32)40)56(50,51)52/h3-16,35-36H,1-2H3,(H,41,42,43)(H,44,45,46)(H,47,48,49)(H,50,51,52). The number of anilines is 2. The summed E-state index contributed by atoms with van der Waals surface area (Å²) < 4.78 is 133. The molecular weight excluding hydrogens is 817 g/mol. The van der Waals surface area contributed by atoms with Crippen LogP contribution in [0.5, 0.6) is 0 Å². The lowest BCUT2D eigenvalue weighted by molar-refractivity contribution is -0.110. The van der Waals surface area contributed by atoms with Crippen molar-refractivity contribution >= 4 is 87.0 Å². The van der Waals surface area contributed by atoms with E-state index in [-0.39, 0.29) is 22.3 Å². The summed E-state index contributed by atoms with van der Waals surface area (Å²) in [6, 6.07) is 16.1. The van der Waals surface area contributed by atoms with Gasteiger partial charge in [0.15, 0.2) is 0 Å². The Kier molecular flexibility index (Phi) is 10.1. The fourth-order valence-electron chi connectivity index (χ4n) is 5.88. The largest absolute Gasteiger partial charge is 0.298 e. The lowest BCUT2D eigenvalue weighted by atomic mass is 9.94. The van der Waals surface area contributed by atoms with E-state index < -0.39 is 83.1 Å². The van der Waals surface area contributed by atoms with Gasteiger partial charge in [-0.2, -0.15) is 43.9 Å². The van der Waals surface area contributed by atoms with Crippen molar-refractivity contribution in [2.45, 2.75) is 23.6 Å². The predicted molar refractivity (Wildman–Crippen MR) is 203 cm³/mol. The number of ketones is 2. The Morgan fingerprint density at radius 2 is 0.804 bits per heavy atom. The van der Waals surface area contributed by atoms with Crippen molar-refractivity contribution in [3.05, 3.63) is 116 Å². The van der Waals surface area contributed by atoms with Gasteiger partial charge in [-0.1, -0.05) is 24.3 Å². The number of fused-ring (bicyclic) bond motifs is 2. The number of rotatable bonds is 9. The molecule has 22 heteroatoms. The van der Waals surface area contributed by atoms with Crippen LogP contribution in [0.2, 0.25) is 0 Å². The van der Waals surface area contributed by atoms with Crippen molar-refractivity contribution in [2.24, 2.45) is 10.2 Å². The molecule has 0 heterocycles. The summed E-state index contributed by atoms with van der Waals surface area (Å²) in [7, 11) is -19.5. The zero-order valence-corrected chi connectivity index (χ0v) is 31.7. The second kappa shape index (κ2) is 14.1. The van der Waals surface area contributed by atoms with Crippen LogP contribution in [0.3, 0.4) is 0 Å². The number of nitrogens with zero attached hydrogens (tertiary/aromatic N) is 2. The summed E-state index contributed by atoms with van der Waals surface area (Å²) in [5.41, 5.74) is 7.76. The van der Waals surface area contributed by atoms with Gasteiger partial charge in [0.25, 0.3) is 40.5 Å². The molecule has 6 N–H and O–H groups in total. The van der Waals surface area contributed by atoms with Crippen LogP contribution in [0.25, 0.3) is 23.3 Å². The first kappa shape index (κ1) is 40.0. The van der Waals surface area contributed by atoms with Gasteiger partial charge >= 0.3 is 0 Å². The molecule has 0 saturated heterocycles. The number of allylic oxidation sites excluding steroid dienone is 2. The van der Waals surface area contributed by atoms with Gasteiger partial charge in [0.05, 0.1) is 21.2 Å². The molecule has 4 aromatic rings. The molecule has 4 aromatic carbocycles. The smallest absolute Gasteiger partial charge is 0.286 e. The minimum absolute atomic E-state index is 0.0174. The number of hydrogen-bond acceptors (Lipinski definition) is 14. The lowest BCUT2D eigenvalue weighted by Gasteiger charge is -2.17. The summed E-state index contributed by atoms with van der Waals surface area (Å²) in [5.74, 6) is -2.35. The van der Waals surface area contributed by atoms with Crippen LogP contribution in [0.15, 0.2) is 103 Å². The van der Waals surface area contributed by atoms with Gasteiger partial charge in [-0.3, -0.25) is 38.7 Å². The van der Waals surface area contributed by atoms with E-state index >= 15 is 0 Å². The van der Waals surface area contributed by atoms with E-state index in [1.807, 2.05) is 0 Å². The van der Waals surface area contributed by atoms with E-state index in [1.54, 1.807) is 50.2 Å². The number of Topliss-reactive ketones (excluding diaryl/α,β-unsaturated/α-hetero) is 2. The van der Waals surface area contributed by atoms with Gasteiger partial charge in [0.2, 0.25) is 11.6 Å². The Labute approximate surface area is 319 Å². The van der Waals surface area contributed by atoms with E-state index in [1.165, 1.54) is 0 Å². The number of aryl methyl sites for hydroxylation is 2. The molecule has 0 unspecified atom stereocenters. The summed E-state index contributed by atoms with van der Waals surface area (Å²) in [6.45, 7) is 3.53. The molecule has 2 aliphatic carbocycles. The van der Waals surface area contributed by atoms with Crippen LogP contribution in [-0.4, -0.2) is 74.9 Å². The molecule has 0 aliphatic heterocycles. The topological polar surface area (TPSA) is 300 Å². The fraction of sp³-hybridized carbons (Fsp3) is 0.0588. The molecule has 18 nitrogen and oxygen atoms in total. The van der Waals surface area contributed by atoms with Crippen LogP contribution >= 0.6 is 0 Å². The Bertz CT molecular complexity index is 2820. The van der Waals surface area contributed by atoms with Crippen LogP contribution in [-0.2, 0) is 50.1 Å². The number of hydrogen-bond donors (Lipinski definition) is 6. The summed E-state index contributed by atoms with van der Waals surface area (Å²) in [6.07, 6.45) is 1.54. The van der Waals surface area contributed by atoms with Crippen molar-refractivity contribution in [1.82, 2.24) is 0 Å². The molecular formula is C34H26N4O14S4. The third-order valence-electron chi connectivity index (χ3n) is 8.50. The fourth-order valence-corrected chi connectivity index (χ4v) is 8.13. The minimum atomic E-state index is -5.06. The normalized spacial score (nSPS) is 16.2. The first-order valence-electron chi connectivity index (χ1n) is 15.5. The molecule has 0 spiro atoms. The van der Waals surface area contributed by atoms with Gasteiger partial charge in [-0.15, -0.1) is 0 Å². The molecule has 0 bridgehead atoms. The van der Waals surface area contributed by atoms with Crippen LogP contribution in [0, 0.1) is 13.8 Å². The average molecular weight is 843 g/mol. The highest BCUT2D eigenvalue weighted by Crippen LogP contribution is 2.33. The maximum absolute atomic E-state index is 13.1.